The number of nitrogens with two attached hydrogens (primary N) is 1. The van der Waals surface area contributed by atoms with Gasteiger partial charge in [0.15, 0.2) is 5.82 Å². The molecule has 2 aromatic heterocycles. The van der Waals surface area contributed by atoms with Crippen LogP contribution in [0.3, 0.4) is 0 Å². The van der Waals surface area contributed by atoms with Crippen LogP contribution in [-0.4, -0.2) is 29.0 Å². The van der Waals surface area contributed by atoms with E-state index in [1.165, 1.54) is 10.9 Å². The van der Waals surface area contributed by atoms with E-state index in [1.54, 1.807) is 22.7 Å². The third-order valence-corrected chi connectivity index (χ3v) is 6.17. The first kappa shape index (κ1) is 13.6. The first-order chi connectivity index (χ1) is 9.50. The Morgan fingerprint density at radius 3 is 2.90 bits per heavy atom. The molecule has 1 aliphatic rings. The third-order valence-electron chi connectivity index (χ3n) is 3.54. The molecule has 0 aliphatic carbocycles. The van der Waals surface area contributed by atoms with E-state index in [-0.39, 0.29) is 16.8 Å². The minimum atomic E-state index is -3.59. The van der Waals surface area contributed by atoms with E-state index >= 15 is 0 Å². The summed E-state index contributed by atoms with van der Waals surface area (Å²) in [7, 11) is -1.93. The summed E-state index contributed by atoms with van der Waals surface area (Å²) in [6.45, 7) is 0.525. The molecule has 1 fully saturated rings. The smallest absolute Gasteiger partial charge is 0.248 e. The van der Waals surface area contributed by atoms with Crippen LogP contribution in [0.2, 0.25) is 0 Å². The molecule has 8 heteroatoms. The molecule has 2 aromatic rings. The number of aromatic nitrogens is 2. The van der Waals surface area contributed by atoms with Gasteiger partial charge in [0.25, 0.3) is 0 Å². The molecule has 0 radical (unpaired) electrons. The number of aryl methyl sites for hydroxylation is 1. The maximum absolute atomic E-state index is 12.8. The Balaban J connectivity index is 2.00. The molecule has 1 saturated heterocycles. The standard InChI is InChI=1S/C12H16N4O2S2/c1-15-7-11(12(13)14-15)20(17,18)16-5-2-3-10(16)9-4-6-19-8-9/h4,6-8,10H,2-3,5H2,1H3,(H2,13,14). The highest BCUT2D eigenvalue weighted by molar-refractivity contribution is 7.89. The minimum absolute atomic E-state index is 0.0588. The van der Waals surface area contributed by atoms with Crippen LogP contribution < -0.4 is 5.73 Å². The van der Waals surface area contributed by atoms with Gasteiger partial charge in [0, 0.05) is 19.8 Å². The van der Waals surface area contributed by atoms with Gasteiger partial charge in [-0.15, -0.1) is 0 Å². The number of thiophene rings is 1. The SMILES string of the molecule is Cn1cc(S(=O)(=O)N2CCCC2c2ccsc2)c(N)n1. The topological polar surface area (TPSA) is 81.2 Å². The van der Waals surface area contributed by atoms with Crippen LogP contribution in [0.15, 0.2) is 27.9 Å². The Kier molecular flexibility index (Phi) is 3.31. The van der Waals surface area contributed by atoms with Crippen molar-refractivity contribution in [1.29, 1.82) is 0 Å². The third kappa shape index (κ3) is 2.13. The summed E-state index contributed by atoms with van der Waals surface area (Å²) in [5.74, 6) is 0.0588. The summed E-state index contributed by atoms with van der Waals surface area (Å²) < 4.78 is 28.5. The van der Waals surface area contributed by atoms with E-state index in [2.05, 4.69) is 5.10 Å². The fraction of sp³-hybridized carbons (Fsp3) is 0.417. The Bertz CT molecular complexity index is 706. The Hall–Kier alpha value is -1.38. The maximum Gasteiger partial charge on any atom is 0.248 e. The van der Waals surface area contributed by atoms with Gasteiger partial charge in [0.05, 0.1) is 6.04 Å². The molecule has 0 bridgehead atoms. The lowest BCUT2D eigenvalue weighted by molar-refractivity contribution is 0.397. The van der Waals surface area contributed by atoms with E-state index < -0.39 is 10.0 Å². The molecule has 108 valence electrons. The predicted molar refractivity (Wildman–Crippen MR) is 77.8 cm³/mol. The Morgan fingerprint density at radius 2 is 2.30 bits per heavy atom. The van der Waals surface area contributed by atoms with Crippen LogP contribution in [0.25, 0.3) is 0 Å². The van der Waals surface area contributed by atoms with E-state index in [0.29, 0.717) is 6.54 Å². The second-order valence-electron chi connectivity index (χ2n) is 4.88. The first-order valence-corrected chi connectivity index (χ1v) is 8.71. The monoisotopic (exact) mass is 312 g/mol. The molecule has 2 N–H and O–H groups in total. The minimum Gasteiger partial charge on any atom is -0.381 e. The van der Waals surface area contributed by atoms with E-state index in [4.69, 9.17) is 5.73 Å². The van der Waals surface area contributed by atoms with Gasteiger partial charge in [-0.1, -0.05) is 0 Å². The van der Waals surface area contributed by atoms with Crippen molar-refractivity contribution in [2.24, 2.45) is 7.05 Å². The Morgan fingerprint density at radius 1 is 1.50 bits per heavy atom. The van der Waals surface area contributed by atoms with Crippen LogP contribution >= 0.6 is 11.3 Å². The van der Waals surface area contributed by atoms with Crippen molar-refractivity contribution in [2.75, 3.05) is 12.3 Å². The van der Waals surface area contributed by atoms with Crippen LogP contribution in [-0.2, 0) is 17.1 Å². The Labute approximate surface area is 121 Å². The van der Waals surface area contributed by atoms with Crippen molar-refractivity contribution < 1.29 is 8.42 Å². The van der Waals surface area contributed by atoms with Gasteiger partial charge in [0.2, 0.25) is 10.0 Å². The highest BCUT2D eigenvalue weighted by atomic mass is 32.2. The second-order valence-corrected chi connectivity index (χ2v) is 7.52. The number of anilines is 1. The zero-order valence-electron chi connectivity index (χ0n) is 11.1. The van der Waals surface area contributed by atoms with Crippen molar-refractivity contribution >= 4 is 27.2 Å². The number of nitrogens with zero attached hydrogens (tertiary/aromatic N) is 3. The van der Waals surface area contributed by atoms with Crippen molar-refractivity contribution in [3.05, 3.63) is 28.6 Å². The number of sulfonamides is 1. The predicted octanol–water partition coefficient (Wildman–Crippen LogP) is 1.59. The van der Waals surface area contributed by atoms with Crippen molar-refractivity contribution in [1.82, 2.24) is 14.1 Å². The molecular formula is C12H16N4O2S2. The molecule has 1 atom stereocenters. The van der Waals surface area contributed by atoms with Crippen molar-refractivity contribution in [3.8, 4) is 0 Å². The highest BCUT2D eigenvalue weighted by Gasteiger charge is 2.38. The van der Waals surface area contributed by atoms with E-state index in [1.807, 2.05) is 16.8 Å². The average molecular weight is 312 g/mol. The number of nitrogen functional groups attached to an aromatic ring is 1. The van der Waals surface area contributed by atoms with Gasteiger partial charge in [-0.25, -0.2) is 8.42 Å². The lowest BCUT2D eigenvalue weighted by Gasteiger charge is -2.23. The van der Waals surface area contributed by atoms with Crippen LogP contribution in [0.5, 0.6) is 0 Å². The van der Waals surface area contributed by atoms with Gasteiger partial charge in [-0.05, 0) is 35.2 Å². The van der Waals surface area contributed by atoms with Gasteiger partial charge >= 0.3 is 0 Å². The van der Waals surface area contributed by atoms with E-state index in [9.17, 15) is 8.42 Å². The van der Waals surface area contributed by atoms with Gasteiger partial charge in [0.1, 0.15) is 4.90 Å². The molecule has 3 heterocycles. The summed E-state index contributed by atoms with van der Waals surface area (Å²) in [4.78, 5) is 0.0992. The molecule has 20 heavy (non-hydrogen) atoms. The lowest BCUT2D eigenvalue weighted by atomic mass is 10.1. The summed E-state index contributed by atoms with van der Waals surface area (Å²) in [6, 6.07) is 1.89. The normalized spacial score (nSPS) is 20.6. The highest BCUT2D eigenvalue weighted by Crippen LogP contribution is 2.38. The van der Waals surface area contributed by atoms with Crippen molar-refractivity contribution in [2.45, 2.75) is 23.8 Å². The summed E-state index contributed by atoms with van der Waals surface area (Å²) in [5.41, 5.74) is 6.78. The van der Waals surface area contributed by atoms with Gasteiger partial charge in [-0.2, -0.15) is 20.7 Å². The molecule has 0 spiro atoms. The molecule has 0 saturated carbocycles. The summed E-state index contributed by atoms with van der Waals surface area (Å²) in [6.07, 6.45) is 3.17. The van der Waals surface area contributed by atoms with Gasteiger partial charge < -0.3 is 5.73 Å². The average Bonchev–Trinajstić information content (AvgIpc) is 3.06. The second kappa shape index (κ2) is 4.87. The van der Waals surface area contributed by atoms with Gasteiger partial charge in [-0.3, -0.25) is 4.68 Å². The van der Waals surface area contributed by atoms with Crippen LogP contribution in [0, 0.1) is 0 Å². The zero-order chi connectivity index (χ0) is 14.3. The molecule has 1 unspecified atom stereocenters. The van der Waals surface area contributed by atoms with Crippen LogP contribution in [0.1, 0.15) is 24.4 Å². The maximum atomic E-state index is 12.8. The van der Waals surface area contributed by atoms with E-state index in [0.717, 1.165) is 18.4 Å². The number of hydrogen-bond acceptors (Lipinski definition) is 5. The first-order valence-electron chi connectivity index (χ1n) is 6.33. The quantitative estimate of drug-likeness (QED) is 0.933. The molecule has 6 nitrogen and oxygen atoms in total. The molecular weight excluding hydrogens is 296 g/mol. The fourth-order valence-corrected chi connectivity index (χ4v) is 5.12. The van der Waals surface area contributed by atoms with Crippen LogP contribution in [0.4, 0.5) is 5.82 Å². The fourth-order valence-electron chi connectivity index (χ4n) is 2.63. The largest absolute Gasteiger partial charge is 0.381 e. The summed E-state index contributed by atoms with van der Waals surface area (Å²) >= 11 is 1.58. The zero-order valence-corrected chi connectivity index (χ0v) is 12.7. The molecule has 1 aliphatic heterocycles. The number of hydrogen-bond donors (Lipinski definition) is 1. The molecule has 0 amide bonds. The lowest BCUT2D eigenvalue weighted by Crippen LogP contribution is -2.30. The summed E-state index contributed by atoms with van der Waals surface area (Å²) in [5, 5.41) is 7.90. The number of rotatable bonds is 3. The van der Waals surface area contributed by atoms with Crippen molar-refractivity contribution in [3.63, 3.8) is 0 Å². The molecule has 0 aromatic carbocycles. The molecule has 3 rings (SSSR count).